The van der Waals surface area contributed by atoms with Gasteiger partial charge in [-0.25, -0.2) is 0 Å². The van der Waals surface area contributed by atoms with Crippen LogP contribution in [0.1, 0.15) is 75.3 Å². The molecular weight excluding hydrogens is 902 g/mol. The molecule has 4 heteroatoms. The summed E-state index contributed by atoms with van der Waals surface area (Å²) in [6, 6.07) is 39.4. The Morgan fingerprint density at radius 2 is 0.875 bits per heavy atom. The van der Waals surface area contributed by atoms with Gasteiger partial charge >= 0.3 is 41.6 Å². The molecule has 0 fully saturated rings. The zero-order valence-corrected chi connectivity index (χ0v) is 39.3. The number of rotatable bonds is 8. The molecule has 0 N–H and O–H groups in total. The molecule has 0 nitrogen and oxygen atoms in total. The minimum Gasteiger partial charge on any atom is -1.00 e. The molecule has 4 aliphatic carbocycles. The van der Waals surface area contributed by atoms with E-state index >= 15 is 0 Å². The molecule has 0 aliphatic heterocycles. The van der Waals surface area contributed by atoms with Gasteiger partial charge in [-0.3, -0.25) is 0 Å². The summed E-state index contributed by atoms with van der Waals surface area (Å²) in [4.78, 5) is 0. The van der Waals surface area contributed by atoms with Gasteiger partial charge in [0.05, 0.1) is 0 Å². The average Bonchev–Trinajstić information content (AvgIpc) is 3.65. The first-order chi connectivity index (χ1) is 26.4. The predicted octanol–water partition coefficient (Wildman–Crippen LogP) is 8.38. The monoisotopic (exact) mass is 954 g/mol. The molecule has 0 heterocycles. The van der Waals surface area contributed by atoms with Gasteiger partial charge in [0.1, 0.15) is 0 Å². The van der Waals surface area contributed by atoms with Crippen molar-refractivity contribution < 1.29 is 47.8 Å². The molecule has 0 amide bonds. The second-order valence-electron chi connectivity index (χ2n) is 14.6. The van der Waals surface area contributed by atoms with Gasteiger partial charge in [-0.2, -0.15) is 34.4 Å². The van der Waals surface area contributed by atoms with Gasteiger partial charge in [-0.15, -0.1) is 47.6 Å². The molecule has 4 aromatic carbocycles. The van der Waals surface area contributed by atoms with E-state index in [0.29, 0.717) is 11.8 Å². The van der Waals surface area contributed by atoms with Gasteiger partial charge in [0.15, 0.2) is 0 Å². The second kappa shape index (κ2) is 23.0. The average molecular weight is 954 g/mol. The van der Waals surface area contributed by atoms with Crippen molar-refractivity contribution in [3.63, 3.8) is 0 Å². The van der Waals surface area contributed by atoms with Crippen molar-refractivity contribution in [2.45, 2.75) is 77.3 Å². The number of hydrogen-bond acceptors (Lipinski definition) is 0. The molecule has 0 bridgehead atoms. The molecule has 2 unspecified atom stereocenters. The van der Waals surface area contributed by atoms with E-state index in [0.717, 1.165) is 25.7 Å². The van der Waals surface area contributed by atoms with Crippen LogP contribution in [0.3, 0.4) is 0 Å². The van der Waals surface area contributed by atoms with E-state index in [1.165, 1.54) is 103 Å². The molecule has 8 rings (SSSR count). The smallest absolute Gasteiger partial charge is 1.00 e. The molecule has 2 atom stereocenters. The van der Waals surface area contributed by atoms with Gasteiger partial charge in [0, 0.05) is 0 Å². The largest absolute Gasteiger partial charge is 1.00 e. The van der Waals surface area contributed by atoms with E-state index in [4.69, 9.17) is 0 Å². The normalized spacial score (nSPS) is 17.4. The maximum absolute atomic E-state index is 3.60. The van der Waals surface area contributed by atoms with Crippen molar-refractivity contribution in [3.05, 3.63) is 215 Å². The van der Waals surface area contributed by atoms with Crippen LogP contribution in [0.5, 0.6) is 0 Å². The first kappa shape index (κ1) is 45.2. The zero-order valence-electron chi connectivity index (χ0n) is 33.2. The SMILES string of the molecule is CCCC1=[C-]C2=CC=CCC(c3ccc(-c4ccccc4)cc3)C2=C1.CCCC1=[C-]C2=CC=CCC(c3ccc(-c4ccccc4)cc3)C2=C1.C[Si](C)=[Hf+2].[Cl-].[Cl-]. The molecule has 0 spiro atoms. The van der Waals surface area contributed by atoms with E-state index in [9.17, 15) is 0 Å². The minimum atomic E-state index is 0. The summed E-state index contributed by atoms with van der Waals surface area (Å²) in [5.41, 5.74) is 16.3. The maximum Gasteiger partial charge on any atom is -1.00 e. The summed E-state index contributed by atoms with van der Waals surface area (Å²) in [6.07, 6.45) is 32.0. The van der Waals surface area contributed by atoms with Crippen LogP contribution in [-0.2, 0) is 23.0 Å². The third kappa shape index (κ3) is 12.2. The number of allylic oxidation sites excluding steroid dienone is 16. The molecule has 0 aromatic heterocycles. The third-order valence-electron chi connectivity index (χ3n) is 10.0. The Balaban J connectivity index is 0.000000220. The van der Waals surface area contributed by atoms with Gasteiger partial charge in [0.2, 0.25) is 0 Å². The molecule has 284 valence electrons. The Morgan fingerprint density at radius 1 is 0.536 bits per heavy atom. The predicted molar refractivity (Wildman–Crippen MR) is 230 cm³/mol. The van der Waals surface area contributed by atoms with Crippen LogP contribution in [0.15, 0.2) is 191 Å². The molecular formula is C52H52Cl2HfSi-2. The van der Waals surface area contributed by atoms with Crippen LogP contribution in [0, 0.1) is 12.2 Å². The summed E-state index contributed by atoms with van der Waals surface area (Å²) in [6.45, 7) is 9.12. The van der Waals surface area contributed by atoms with Gasteiger partial charge in [0.25, 0.3) is 0 Å². The van der Waals surface area contributed by atoms with Crippen LogP contribution >= 0.6 is 0 Å². The fourth-order valence-electron chi connectivity index (χ4n) is 7.47. The second-order valence-corrected chi connectivity index (χ2v) is 27.3. The van der Waals surface area contributed by atoms with Crippen molar-refractivity contribution in [1.82, 2.24) is 0 Å². The minimum absolute atomic E-state index is 0. The first-order valence-electron chi connectivity index (χ1n) is 19.7. The van der Waals surface area contributed by atoms with Crippen molar-refractivity contribution in [1.29, 1.82) is 0 Å². The standard InChI is InChI=1S/2C25H23.C2H6Si.2ClH.Hf/c2*1-2-8-19-17-23-11-6-7-12-24(25(23)18-19)22-15-13-21(14-16-22)20-9-4-3-5-10-20;1-3-2;;;/h2*3-7,9-11,13-16,18,24H,2,8,12H2,1H3;1-2H3;2*1H;/q2*-1;;;;+2/p-2. The Kier molecular flexibility index (Phi) is 18.6. The molecule has 4 aromatic rings. The molecule has 0 saturated heterocycles. The van der Waals surface area contributed by atoms with E-state index in [2.05, 4.69) is 197 Å². The quantitative estimate of drug-likeness (QED) is 0.123. The fraction of sp³-hybridized carbons (Fsp3) is 0.231. The summed E-state index contributed by atoms with van der Waals surface area (Å²) in [5.74, 6) is 0.855. The third-order valence-corrected chi connectivity index (χ3v) is 10.0. The van der Waals surface area contributed by atoms with Crippen LogP contribution in [0.4, 0.5) is 0 Å². The van der Waals surface area contributed by atoms with Crippen LogP contribution < -0.4 is 24.8 Å². The van der Waals surface area contributed by atoms with Crippen molar-refractivity contribution >= 4 is 5.49 Å². The Bertz CT molecular complexity index is 1990. The van der Waals surface area contributed by atoms with E-state index in [1.807, 2.05) is 0 Å². The molecule has 0 radical (unpaired) electrons. The summed E-state index contributed by atoms with van der Waals surface area (Å²) in [5, 5.41) is 0. The van der Waals surface area contributed by atoms with Crippen LogP contribution in [0.2, 0.25) is 13.1 Å². The van der Waals surface area contributed by atoms with E-state index in [-0.39, 0.29) is 30.3 Å². The maximum atomic E-state index is 3.60. The molecule has 56 heavy (non-hydrogen) atoms. The summed E-state index contributed by atoms with van der Waals surface area (Å²) in [7, 11) is 0. The number of fused-ring (bicyclic) bond motifs is 2. The summed E-state index contributed by atoms with van der Waals surface area (Å²) < 4.78 is 0. The van der Waals surface area contributed by atoms with E-state index in [1.54, 1.807) is 0 Å². The molecule has 0 saturated carbocycles. The topological polar surface area (TPSA) is 0 Å². The summed E-state index contributed by atoms with van der Waals surface area (Å²) >= 11 is 1.45. The van der Waals surface area contributed by atoms with Gasteiger partial charge in [-0.1, -0.05) is 148 Å². The van der Waals surface area contributed by atoms with Crippen molar-refractivity contribution in [2.24, 2.45) is 0 Å². The number of hydrogen-bond donors (Lipinski definition) is 0. The van der Waals surface area contributed by atoms with E-state index < -0.39 is 0 Å². The van der Waals surface area contributed by atoms with Crippen LogP contribution in [-0.4, -0.2) is 5.49 Å². The molecule has 4 aliphatic rings. The van der Waals surface area contributed by atoms with Crippen molar-refractivity contribution in [2.75, 3.05) is 0 Å². The first-order valence-corrected chi connectivity index (χ1v) is 27.6. The van der Waals surface area contributed by atoms with Crippen LogP contribution in [0.25, 0.3) is 22.3 Å². The zero-order chi connectivity index (χ0) is 37.7. The Labute approximate surface area is 364 Å². The fourth-order valence-corrected chi connectivity index (χ4v) is 7.47. The van der Waals surface area contributed by atoms with Gasteiger partial charge < -0.3 is 24.8 Å². The Morgan fingerprint density at radius 3 is 1.21 bits per heavy atom. The Hall–Kier alpha value is -3.53. The van der Waals surface area contributed by atoms with Gasteiger partial charge in [-0.05, 0) is 70.9 Å². The number of halogens is 2. The van der Waals surface area contributed by atoms with Crippen molar-refractivity contribution in [3.8, 4) is 22.3 Å². The number of benzene rings is 4.